The number of nitrogens with zero attached hydrogens (tertiary/aromatic N) is 2. The van der Waals surface area contributed by atoms with Crippen molar-refractivity contribution in [3.8, 4) is 0 Å². The Kier molecular flexibility index (Phi) is 5.07. The zero-order chi connectivity index (χ0) is 22.3. The maximum atomic E-state index is 13.3. The van der Waals surface area contributed by atoms with Crippen molar-refractivity contribution in [2.75, 3.05) is 16.8 Å². The number of hydrogen-bond donors (Lipinski definition) is 2. The lowest BCUT2D eigenvalue weighted by Gasteiger charge is -2.17. The molecular weight excluding hydrogens is 423 g/mol. The molecule has 0 saturated carbocycles. The lowest BCUT2D eigenvalue weighted by Crippen LogP contribution is -2.36. The van der Waals surface area contributed by atoms with Crippen molar-refractivity contribution in [1.82, 2.24) is 10.2 Å². The average molecular weight is 438 g/mol. The second-order valence-corrected chi connectivity index (χ2v) is 7.19. The van der Waals surface area contributed by atoms with Crippen LogP contribution in [0.25, 0.3) is 5.57 Å². The van der Waals surface area contributed by atoms with Crippen molar-refractivity contribution in [3.63, 3.8) is 0 Å². The number of benzene rings is 2. The zero-order valence-electron chi connectivity index (χ0n) is 16.1. The monoisotopic (exact) mass is 438 g/mol. The standard InChI is InChI=1S/C21H15FN4O4S/c1-11(27)26-18(19(29)24-21(26)31)17-14-4-2-3-5-15(14)25(20(17)30)10-16(28)23-13-8-6-12(22)7-9-13/h2-9H,10H2,1H3,(H,23,28)(H,24,29,31). The second-order valence-electron chi connectivity index (χ2n) is 6.80. The molecule has 0 bridgehead atoms. The van der Waals surface area contributed by atoms with Crippen LogP contribution in [0.1, 0.15) is 12.5 Å². The Morgan fingerprint density at radius 1 is 1.10 bits per heavy atom. The highest BCUT2D eigenvalue weighted by Crippen LogP contribution is 2.40. The van der Waals surface area contributed by atoms with E-state index < -0.39 is 29.4 Å². The van der Waals surface area contributed by atoms with Crippen molar-refractivity contribution in [3.05, 3.63) is 65.6 Å². The number of thiocarbonyl (C=S) groups is 1. The predicted octanol–water partition coefficient (Wildman–Crippen LogP) is 1.79. The number of halogens is 1. The van der Waals surface area contributed by atoms with E-state index in [0.717, 1.165) is 4.90 Å². The topological polar surface area (TPSA) is 98.8 Å². The van der Waals surface area contributed by atoms with Crippen molar-refractivity contribution in [2.45, 2.75) is 6.92 Å². The van der Waals surface area contributed by atoms with Crippen LogP contribution in [0.3, 0.4) is 0 Å². The largest absolute Gasteiger partial charge is 0.325 e. The van der Waals surface area contributed by atoms with E-state index in [4.69, 9.17) is 12.2 Å². The molecule has 0 spiro atoms. The van der Waals surface area contributed by atoms with Gasteiger partial charge in [-0.2, -0.15) is 0 Å². The van der Waals surface area contributed by atoms with Crippen LogP contribution < -0.4 is 15.5 Å². The van der Waals surface area contributed by atoms with Gasteiger partial charge in [0.25, 0.3) is 11.8 Å². The normalized spacial score (nSPS) is 17.7. The third kappa shape index (κ3) is 3.57. The van der Waals surface area contributed by atoms with E-state index in [1.54, 1.807) is 24.3 Å². The maximum absolute atomic E-state index is 13.3. The molecule has 10 heteroatoms. The number of fused-ring (bicyclic) bond motifs is 1. The van der Waals surface area contributed by atoms with E-state index in [2.05, 4.69) is 10.6 Å². The Bertz CT molecular complexity index is 1190. The summed E-state index contributed by atoms with van der Waals surface area (Å²) in [4.78, 5) is 52.6. The Morgan fingerprint density at radius 3 is 2.45 bits per heavy atom. The Labute approximate surface area is 181 Å². The molecule has 1 fully saturated rings. The van der Waals surface area contributed by atoms with E-state index >= 15 is 0 Å². The Hall–Kier alpha value is -3.92. The molecule has 1 saturated heterocycles. The van der Waals surface area contributed by atoms with Gasteiger partial charge in [-0.05, 0) is 42.5 Å². The van der Waals surface area contributed by atoms with Gasteiger partial charge in [0.05, 0.1) is 11.3 Å². The van der Waals surface area contributed by atoms with Crippen LogP contribution in [-0.2, 0) is 19.2 Å². The molecule has 8 nitrogen and oxygen atoms in total. The van der Waals surface area contributed by atoms with E-state index in [0.29, 0.717) is 16.9 Å². The number of para-hydroxylation sites is 1. The van der Waals surface area contributed by atoms with E-state index in [9.17, 15) is 23.6 Å². The third-order valence-corrected chi connectivity index (χ3v) is 5.05. The van der Waals surface area contributed by atoms with Crippen molar-refractivity contribution < 1.29 is 23.6 Å². The third-order valence-electron chi connectivity index (χ3n) is 4.77. The fourth-order valence-electron chi connectivity index (χ4n) is 3.48. The van der Waals surface area contributed by atoms with Gasteiger partial charge in [0, 0.05) is 18.2 Å². The molecule has 0 unspecified atom stereocenters. The van der Waals surface area contributed by atoms with E-state index in [1.165, 1.54) is 36.1 Å². The van der Waals surface area contributed by atoms with Crippen LogP contribution in [0.5, 0.6) is 0 Å². The van der Waals surface area contributed by atoms with Crippen LogP contribution in [0.4, 0.5) is 15.8 Å². The van der Waals surface area contributed by atoms with Gasteiger partial charge in [-0.15, -0.1) is 0 Å². The maximum Gasteiger partial charge on any atom is 0.275 e. The van der Waals surface area contributed by atoms with Gasteiger partial charge in [-0.25, -0.2) is 4.39 Å². The molecule has 2 N–H and O–H groups in total. The summed E-state index contributed by atoms with van der Waals surface area (Å²) in [6.45, 7) is 0.878. The van der Waals surface area contributed by atoms with Crippen LogP contribution in [-0.4, -0.2) is 40.2 Å². The molecule has 2 aliphatic rings. The van der Waals surface area contributed by atoms with Crippen molar-refractivity contribution >= 4 is 57.9 Å². The Morgan fingerprint density at radius 2 is 1.77 bits per heavy atom. The molecule has 2 aliphatic heterocycles. The minimum Gasteiger partial charge on any atom is -0.325 e. The molecular formula is C21H15FN4O4S. The lowest BCUT2D eigenvalue weighted by atomic mass is 10.0. The number of anilines is 2. The van der Waals surface area contributed by atoms with Gasteiger partial charge in [-0.1, -0.05) is 18.2 Å². The van der Waals surface area contributed by atoms with E-state index in [-0.39, 0.29) is 22.9 Å². The summed E-state index contributed by atoms with van der Waals surface area (Å²) in [6.07, 6.45) is 0. The summed E-state index contributed by atoms with van der Waals surface area (Å²) >= 11 is 5.05. The summed E-state index contributed by atoms with van der Waals surface area (Å²) < 4.78 is 13.1. The van der Waals surface area contributed by atoms with Gasteiger partial charge in [0.1, 0.15) is 18.1 Å². The highest BCUT2D eigenvalue weighted by Gasteiger charge is 2.43. The number of nitrogens with one attached hydrogen (secondary N) is 2. The molecule has 0 radical (unpaired) electrons. The van der Waals surface area contributed by atoms with Gasteiger partial charge in [-0.3, -0.25) is 34.3 Å². The lowest BCUT2D eigenvalue weighted by molar-refractivity contribution is -0.125. The molecule has 4 rings (SSSR count). The first kappa shape index (κ1) is 20.4. The summed E-state index contributed by atoms with van der Waals surface area (Å²) in [5.41, 5.74) is 1.00. The molecule has 2 aromatic carbocycles. The molecule has 0 atom stereocenters. The van der Waals surface area contributed by atoms with Crippen LogP contribution in [0.2, 0.25) is 0 Å². The number of rotatable bonds is 3. The number of carbonyl (C=O) groups is 4. The average Bonchev–Trinajstić information content (AvgIpc) is 3.16. The molecule has 2 aromatic rings. The summed E-state index contributed by atoms with van der Waals surface area (Å²) in [5.74, 6) is -2.77. The predicted molar refractivity (Wildman–Crippen MR) is 114 cm³/mol. The number of hydrogen-bond acceptors (Lipinski definition) is 5. The fourth-order valence-corrected chi connectivity index (χ4v) is 3.80. The van der Waals surface area contributed by atoms with Crippen LogP contribution >= 0.6 is 12.2 Å². The quantitative estimate of drug-likeness (QED) is 0.562. The van der Waals surface area contributed by atoms with Gasteiger partial charge < -0.3 is 5.32 Å². The SMILES string of the molecule is CC(=O)N1C(=S)NC(=O)C1=C1C(=O)N(CC(=O)Nc2ccc(F)cc2)c2ccccc21. The van der Waals surface area contributed by atoms with Crippen molar-refractivity contribution in [2.24, 2.45) is 0 Å². The molecule has 0 aromatic heterocycles. The van der Waals surface area contributed by atoms with E-state index in [1.807, 2.05) is 0 Å². The van der Waals surface area contributed by atoms with Crippen LogP contribution in [0.15, 0.2) is 54.2 Å². The minimum atomic E-state index is -0.670. The van der Waals surface area contributed by atoms with Crippen molar-refractivity contribution in [1.29, 1.82) is 0 Å². The first-order chi connectivity index (χ1) is 14.8. The van der Waals surface area contributed by atoms with Gasteiger partial charge >= 0.3 is 0 Å². The molecule has 156 valence electrons. The summed E-state index contributed by atoms with van der Waals surface area (Å²) in [7, 11) is 0. The summed E-state index contributed by atoms with van der Waals surface area (Å²) in [5, 5.41) is 4.86. The Balaban J connectivity index is 1.70. The molecule has 0 aliphatic carbocycles. The molecule has 31 heavy (non-hydrogen) atoms. The minimum absolute atomic E-state index is 0.0160. The first-order valence-corrected chi connectivity index (χ1v) is 9.55. The molecule has 4 amide bonds. The van der Waals surface area contributed by atoms with Crippen LogP contribution in [0, 0.1) is 5.82 Å². The first-order valence-electron chi connectivity index (χ1n) is 9.15. The number of amides is 4. The smallest absolute Gasteiger partial charge is 0.275 e. The highest BCUT2D eigenvalue weighted by atomic mass is 32.1. The second kappa shape index (κ2) is 7.73. The number of carbonyl (C=O) groups excluding carboxylic acids is 4. The van der Waals surface area contributed by atoms with Gasteiger partial charge in [0.15, 0.2) is 5.11 Å². The zero-order valence-corrected chi connectivity index (χ0v) is 17.0. The summed E-state index contributed by atoms with van der Waals surface area (Å²) in [6, 6.07) is 11.8. The fraction of sp³-hybridized carbons (Fsp3) is 0.0952. The molecule has 2 heterocycles. The highest BCUT2D eigenvalue weighted by molar-refractivity contribution is 7.80. The van der Waals surface area contributed by atoms with Gasteiger partial charge in [0.2, 0.25) is 11.8 Å².